The first-order chi connectivity index (χ1) is 22.2. The van der Waals surface area contributed by atoms with E-state index >= 15 is 0 Å². The molecule has 0 aromatic heterocycles. The number of unbranched alkanes of at least 4 members (excludes halogenated alkanes) is 10. The van der Waals surface area contributed by atoms with Gasteiger partial charge in [-0.15, -0.1) is 0 Å². The number of aliphatic hydroxyl groups is 1. The fraction of sp³-hybridized carbons (Fsp3) is 0.634. The second-order valence-electron chi connectivity index (χ2n) is 11.6. The summed E-state index contributed by atoms with van der Waals surface area (Å²) in [7, 11) is 0. The maximum atomic E-state index is 12.1. The highest BCUT2D eigenvalue weighted by molar-refractivity contribution is 5.69. The Morgan fingerprint density at radius 2 is 1.00 bits per heavy atom. The van der Waals surface area contributed by atoms with E-state index in [1.54, 1.807) is 0 Å². The summed E-state index contributed by atoms with van der Waals surface area (Å²) < 4.78 is 11.0. The van der Waals surface area contributed by atoms with E-state index in [-0.39, 0.29) is 19.2 Å². The first-order valence-electron chi connectivity index (χ1n) is 18.2. The van der Waals surface area contributed by atoms with Gasteiger partial charge in [0.2, 0.25) is 0 Å². The van der Waals surface area contributed by atoms with Crippen molar-refractivity contribution in [3.05, 3.63) is 85.1 Å². The SMILES string of the molecule is CC/C=C\C/C=C\C/C=C\C/C=C\CCC(=O)OC(CO)COCCCCCCCCC/C=C\C/C=C\C/C=C\CCCCC. The van der Waals surface area contributed by atoms with Crippen molar-refractivity contribution >= 4 is 5.97 Å². The molecule has 4 nitrogen and oxygen atoms in total. The summed E-state index contributed by atoms with van der Waals surface area (Å²) in [6.07, 6.45) is 52.1. The number of allylic oxidation sites excluding steroid dienone is 14. The Labute approximate surface area is 278 Å². The van der Waals surface area contributed by atoms with Crippen LogP contribution >= 0.6 is 0 Å². The standard InChI is InChI=1S/C41H68O4/c1-3-5-7-9-11-13-15-17-18-19-20-21-22-23-25-27-29-31-33-35-37-44-39-40(38-42)45-41(43)36-34-32-30-28-26-24-16-14-12-10-8-6-4-2/h6,8,11-14,17-18,20-21,24,26,30,32,40,42H,3-5,7,9-10,15-16,19,22-23,25,27-29,31,33-39H2,1-2H3/b8-6-,13-11-,14-12-,18-17-,21-20-,26-24-,32-30-. The van der Waals surface area contributed by atoms with Crippen LogP contribution in [-0.4, -0.2) is 37.0 Å². The highest BCUT2D eigenvalue weighted by Gasteiger charge is 2.13. The number of esters is 1. The van der Waals surface area contributed by atoms with E-state index in [1.807, 2.05) is 6.08 Å². The van der Waals surface area contributed by atoms with Gasteiger partial charge in [0.15, 0.2) is 0 Å². The Bertz CT molecular complexity index is 830. The summed E-state index contributed by atoms with van der Waals surface area (Å²) in [4.78, 5) is 12.1. The third-order valence-corrected chi connectivity index (χ3v) is 7.22. The number of hydrogen-bond donors (Lipinski definition) is 1. The third kappa shape index (κ3) is 35.9. The van der Waals surface area contributed by atoms with Crippen LogP contribution in [0.15, 0.2) is 85.1 Å². The van der Waals surface area contributed by atoms with Crippen molar-refractivity contribution in [2.45, 2.75) is 148 Å². The molecule has 0 spiro atoms. The molecule has 0 aliphatic rings. The average molecular weight is 625 g/mol. The molecular weight excluding hydrogens is 556 g/mol. The van der Waals surface area contributed by atoms with Crippen molar-refractivity contribution in [2.75, 3.05) is 19.8 Å². The van der Waals surface area contributed by atoms with E-state index in [2.05, 4.69) is 92.8 Å². The Morgan fingerprint density at radius 1 is 0.556 bits per heavy atom. The van der Waals surface area contributed by atoms with Crippen molar-refractivity contribution in [1.82, 2.24) is 0 Å². The molecule has 0 aliphatic carbocycles. The second-order valence-corrected chi connectivity index (χ2v) is 11.6. The van der Waals surface area contributed by atoms with Gasteiger partial charge >= 0.3 is 5.97 Å². The lowest BCUT2D eigenvalue weighted by molar-refractivity contribution is -0.154. The molecule has 0 radical (unpaired) electrons. The Morgan fingerprint density at radius 3 is 1.51 bits per heavy atom. The molecule has 4 heteroatoms. The molecule has 1 N–H and O–H groups in total. The summed E-state index contributed by atoms with van der Waals surface area (Å²) in [5, 5.41) is 9.53. The molecule has 0 rings (SSSR count). The minimum Gasteiger partial charge on any atom is -0.457 e. The van der Waals surface area contributed by atoms with Crippen LogP contribution in [0.1, 0.15) is 142 Å². The topological polar surface area (TPSA) is 55.8 Å². The molecule has 0 saturated heterocycles. The number of hydrogen-bond acceptors (Lipinski definition) is 4. The van der Waals surface area contributed by atoms with Crippen molar-refractivity contribution in [1.29, 1.82) is 0 Å². The van der Waals surface area contributed by atoms with Crippen LogP contribution in [0.4, 0.5) is 0 Å². The predicted molar refractivity (Wildman–Crippen MR) is 195 cm³/mol. The number of carbonyl (C=O) groups excluding carboxylic acids is 1. The van der Waals surface area contributed by atoms with E-state index in [4.69, 9.17) is 9.47 Å². The highest BCUT2D eigenvalue weighted by atomic mass is 16.6. The molecule has 0 amide bonds. The van der Waals surface area contributed by atoms with Gasteiger partial charge < -0.3 is 14.6 Å². The third-order valence-electron chi connectivity index (χ3n) is 7.22. The van der Waals surface area contributed by atoms with Crippen LogP contribution in [0.2, 0.25) is 0 Å². The summed E-state index contributed by atoms with van der Waals surface area (Å²) in [6, 6.07) is 0. The van der Waals surface area contributed by atoms with Crippen LogP contribution in [0.25, 0.3) is 0 Å². The summed E-state index contributed by atoms with van der Waals surface area (Å²) in [6.45, 7) is 5.08. The van der Waals surface area contributed by atoms with Crippen molar-refractivity contribution < 1.29 is 19.4 Å². The number of carbonyl (C=O) groups is 1. The van der Waals surface area contributed by atoms with Gasteiger partial charge in [0.1, 0.15) is 6.10 Å². The Kier molecular flexibility index (Phi) is 35.7. The minimum absolute atomic E-state index is 0.210. The van der Waals surface area contributed by atoms with Crippen LogP contribution in [-0.2, 0) is 14.3 Å². The minimum atomic E-state index is -0.581. The van der Waals surface area contributed by atoms with Crippen molar-refractivity contribution in [3.63, 3.8) is 0 Å². The molecule has 256 valence electrons. The Balaban J connectivity index is 3.58. The van der Waals surface area contributed by atoms with Crippen LogP contribution in [0.5, 0.6) is 0 Å². The van der Waals surface area contributed by atoms with Gasteiger partial charge in [-0.3, -0.25) is 4.79 Å². The van der Waals surface area contributed by atoms with Crippen LogP contribution in [0.3, 0.4) is 0 Å². The van der Waals surface area contributed by atoms with E-state index in [0.717, 1.165) is 51.4 Å². The van der Waals surface area contributed by atoms with Crippen molar-refractivity contribution in [2.24, 2.45) is 0 Å². The Hall–Kier alpha value is -2.43. The lowest BCUT2D eigenvalue weighted by Crippen LogP contribution is -2.27. The molecule has 0 aromatic rings. The molecule has 1 atom stereocenters. The smallest absolute Gasteiger partial charge is 0.306 e. The first-order valence-corrected chi connectivity index (χ1v) is 18.2. The molecule has 0 bridgehead atoms. The van der Waals surface area contributed by atoms with E-state index < -0.39 is 6.10 Å². The molecule has 1 unspecified atom stereocenters. The largest absolute Gasteiger partial charge is 0.457 e. The van der Waals surface area contributed by atoms with Crippen LogP contribution in [0, 0.1) is 0 Å². The zero-order valence-corrected chi connectivity index (χ0v) is 29.1. The van der Waals surface area contributed by atoms with Gasteiger partial charge in [-0.2, -0.15) is 0 Å². The molecule has 0 fully saturated rings. The molecule has 45 heavy (non-hydrogen) atoms. The van der Waals surface area contributed by atoms with Gasteiger partial charge in [0.25, 0.3) is 0 Å². The fourth-order valence-corrected chi connectivity index (χ4v) is 4.52. The van der Waals surface area contributed by atoms with Crippen LogP contribution < -0.4 is 0 Å². The molecule has 0 aromatic carbocycles. The second kappa shape index (κ2) is 37.8. The highest BCUT2D eigenvalue weighted by Crippen LogP contribution is 2.10. The van der Waals surface area contributed by atoms with Crippen molar-refractivity contribution in [3.8, 4) is 0 Å². The molecule has 0 heterocycles. The average Bonchev–Trinajstić information content (AvgIpc) is 3.05. The van der Waals surface area contributed by atoms with Gasteiger partial charge in [0, 0.05) is 13.0 Å². The van der Waals surface area contributed by atoms with Gasteiger partial charge in [-0.1, -0.05) is 144 Å². The lowest BCUT2D eigenvalue weighted by Gasteiger charge is -2.15. The van der Waals surface area contributed by atoms with E-state index in [1.165, 1.54) is 64.2 Å². The quantitative estimate of drug-likeness (QED) is 0.0459. The zero-order valence-electron chi connectivity index (χ0n) is 29.1. The normalized spacial score (nSPS) is 13.4. The van der Waals surface area contributed by atoms with E-state index in [0.29, 0.717) is 19.4 Å². The molecule has 0 saturated carbocycles. The number of aliphatic hydroxyl groups excluding tert-OH is 1. The fourth-order valence-electron chi connectivity index (χ4n) is 4.52. The zero-order chi connectivity index (χ0) is 32.7. The van der Waals surface area contributed by atoms with E-state index in [9.17, 15) is 9.90 Å². The summed E-state index contributed by atoms with van der Waals surface area (Å²) >= 11 is 0. The maximum Gasteiger partial charge on any atom is 0.306 e. The maximum absolute atomic E-state index is 12.1. The predicted octanol–water partition coefficient (Wildman–Crippen LogP) is 11.6. The summed E-state index contributed by atoms with van der Waals surface area (Å²) in [5.41, 5.74) is 0. The monoisotopic (exact) mass is 625 g/mol. The number of ether oxygens (including phenoxy) is 2. The van der Waals surface area contributed by atoms with Gasteiger partial charge in [-0.05, 0) is 77.0 Å². The first kappa shape index (κ1) is 42.6. The van der Waals surface area contributed by atoms with Gasteiger partial charge in [-0.25, -0.2) is 0 Å². The lowest BCUT2D eigenvalue weighted by atomic mass is 10.1. The molecule has 0 aliphatic heterocycles. The number of rotatable bonds is 32. The molecular formula is C41H68O4. The summed E-state index contributed by atoms with van der Waals surface area (Å²) in [5.74, 6) is -0.288. The van der Waals surface area contributed by atoms with Gasteiger partial charge in [0.05, 0.1) is 13.2 Å².